The zero-order chi connectivity index (χ0) is 17.5. The number of hydrogen-bond donors (Lipinski definition) is 3. The predicted octanol–water partition coefficient (Wildman–Crippen LogP) is 2.49. The molecule has 6 heteroatoms. The molecule has 0 unspecified atom stereocenters. The van der Waals surface area contributed by atoms with Crippen molar-refractivity contribution in [2.75, 3.05) is 6.54 Å². The number of aromatic amines is 1. The lowest BCUT2D eigenvalue weighted by molar-refractivity contribution is -0.0234. The van der Waals surface area contributed by atoms with Gasteiger partial charge < -0.3 is 15.2 Å². The lowest BCUT2D eigenvalue weighted by Gasteiger charge is -2.40. The van der Waals surface area contributed by atoms with Gasteiger partial charge in [0.05, 0.1) is 23.5 Å². The molecule has 3 N–H and O–H groups in total. The van der Waals surface area contributed by atoms with Gasteiger partial charge in [-0.15, -0.1) is 0 Å². The molecule has 1 amide bonds. The van der Waals surface area contributed by atoms with Crippen LogP contribution >= 0.6 is 0 Å². The summed E-state index contributed by atoms with van der Waals surface area (Å²) in [6, 6.07) is 0. The van der Waals surface area contributed by atoms with Crippen LogP contribution < -0.4 is 5.32 Å². The Kier molecular flexibility index (Phi) is 4.47. The fraction of sp³-hybridized carbons (Fsp3) is 0.778. The summed E-state index contributed by atoms with van der Waals surface area (Å²) in [4.78, 5) is 12.6. The van der Waals surface area contributed by atoms with Gasteiger partial charge in [0, 0.05) is 18.5 Å². The number of carbonyl (C=O) groups excluding carboxylic acids is 1. The Morgan fingerprint density at radius 3 is 2.67 bits per heavy atom. The molecule has 2 atom stereocenters. The van der Waals surface area contributed by atoms with Gasteiger partial charge in [0.1, 0.15) is 0 Å². The fourth-order valence-corrected chi connectivity index (χ4v) is 3.76. The van der Waals surface area contributed by atoms with E-state index < -0.39 is 5.60 Å². The van der Waals surface area contributed by atoms with Gasteiger partial charge in [-0.2, -0.15) is 5.10 Å². The number of nitrogens with zero attached hydrogens (tertiary/aromatic N) is 1. The largest absolute Gasteiger partial charge is 0.388 e. The number of aromatic nitrogens is 2. The quantitative estimate of drug-likeness (QED) is 0.792. The van der Waals surface area contributed by atoms with E-state index in [0.29, 0.717) is 12.1 Å². The van der Waals surface area contributed by atoms with Crippen LogP contribution in [0.3, 0.4) is 0 Å². The minimum Gasteiger partial charge on any atom is -0.388 e. The summed E-state index contributed by atoms with van der Waals surface area (Å²) in [5.41, 5.74) is 1.74. The number of ether oxygens (including phenoxy) is 1. The Hall–Kier alpha value is -1.40. The minimum atomic E-state index is -0.800. The van der Waals surface area contributed by atoms with Gasteiger partial charge in [-0.05, 0) is 44.9 Å². The Labute approximate surface area is 143 Å². The summed E-state index contributed by atoms with van der Waals surface area (Å²) in [5, 5.41) is 20.7. The summed E-state index contributed by atoms with van der Waals surface area (Å²) < 4.78 is 5.75. The van der Waals surface area contributed by atoms with Gasteiger partial charge in [-0.25, -0.2) is 0 Å². The molecule has 3 rings (SSSR count). The van der Waals surface area contributed by atoms with Crippen molar-refractivity contribution in [2.45, 2.75) is 77.6 Å². The maximum absolute atomic E-state index is 12.6. The SMILES string of the molecule is C[C@@H]1Cc2c(C(=O)NCC3(O)CCC(C)(C)CC3)n[nH]c2[C@H](C)O1. The van der Waals surface area contributed by atoms with Crippen molar-refractivity contribution < 1.29 is 14.6 Å². The number of fused-ring (bicyclic) bond motifs is 1. The van der Waals surface area contributed by atoms with Crippen molar-refractivity contribution in [3.8, 4) is 0 Å². The molecule has 24 heavy (non-hydrogen) atoms. The van der Waals surface area contributed by atoms with Gasteiger partial charge in [-0.3, -0.25) is 9.89 Å². The van der Waals surface area contributed by atoms with Crippen molar-refractivity contribution >= 4 is 5.91 Å². The van der Waals surface area contributed by atoms with Crippen LogP contribution in [0.1, 0.15) is 81.2 Å². The molecule has 0 saturated heterocycles. The zero-order valence-corrected chi connectivity index (χ0v) is 15.1. The van der Waals surface area contributed by atoms with Crippen LogP contribution in [0.15, 0.2) is 0 Å². The zero-order valence-electron chi connectivity index (χ0n) is 15.1. The first kappa shape index (κ1) is 17.4. The third kappa shape index (κ3) is 3.49. The van der Waals surface area contributed by atoms with E-state index in [1.54, 1.807) is 0 Å². The van der Waals surface area contributed by atoms with Crippen LogP contribution in [0, 0.1) is 5.41 Å². The maximum Gasteiger partial charge on any atom is 0.272 e. The predicted molar refractivity (Wildman–Crippen MR) is 90.8 cm³/mol. The number of amides is 1. The Morgan fingerprint density at radius 1 is 1.33 bits per heavy atom. The van der Waals surface area contributed by atoms with E-state index in [1.807, 2.05) is 13.8 Å². The smallest absolute Gasteiger partial charge is 0.272 e. The number of aliphatic hydroxyl groups is 1. The number of nitrogens with one attached hydrogen (secondary N) is 2. The van der Waals surface area contributed by atoms with E-state index in [-0.39, 0.29) is 30.1 Å². The summed E-state index contributed by atoms with van der Waals surface area (Å²) >= 11 is 0. The number of carbonyl (C=O) groups is 1. The van der Waals surface area contributed by atoms with Crippen LogP contribution in [0.25, 0.3) is 0 Å². The lowest BCUT2D eigenvalue weighted by atomic mass is 9.71. The Bertz CT molecular complexity index is 613. The van der Waals surface area contributed by atoms with Crippen LogP contribution in [-0.2, 0) is 11.2 Å². The van der Waals surface area contributed by atoms with Crippen LogP contribution in [0.2, 0.25) is 0 Å². The van der Waals surface area contributed by atoms with E-state index in [9.17, 15) is 9.90 Å². The molecule has 0 spiro atoms. The molecule has 0 aromatic carbocycles. The second-order valence-corrected chi connectivity index (χ2v) is 8.33. The number of hydrogen-bond acceptors (Lipinski definition) is 4. The number of H-pyrrole nitrogens is 1. The highest BCUT2D eigenvalue weighted by Gasteiger charge is 2.37. The molecular formula is C18H29N3O3. The fourth-order valence-electron chi connectivity index (χ4n) is 3.76. The van der Waals surface area contributed by atoms with Gasteiger partial charge in [-0.1, -0.05) is 13.8 Å². The van der Waals surface area contributed by atoms with Gasteiger partial charge >= 0.3 is 0 Å². The molecule has 1 aromatic heterocycles. The average Bonchev–Trinajstić information content (AvgIpc) is 2.93. The van der Waals surface area contributed by atoms with E-state index in [2.05, 4.69) is 29.4 Å². The highest BCUT2D eigenvalue weighted by atomic mass is 16.5. The molecule has 0 radical (unpaired) electrons. The molecule has 2 heterocycles. The standard InChI is InChI=1S/C18H29N3O3/c1-11-9-13-14(12(2)24-11)20-21-15(13)16(22)19-10-18(23)7-5-17(3,4)6-8-18/h11-12,23H,5-10H2,1-4H3,(H,19,22)(H,20,21)/t11-,12+/m1/s1. The van der Waals surface area contributed by atoms with Gasteiger partial charge in [0.2, 0.25) is 0 Å². The Morgan fingerprint density at radius 2 is 2.00 bits per heavy atom. The van der Waals surface area contributed by atoms with Crippen molar-refractivity contribution in [1.29, 1.82) is 0 Å². The highest BCUT2D eigenvalue weighted by Crippen LogP contribution is 2.40. The van der Waals surface area contributed by atoms with Crippen molar-refractivity contribution in [3.63, 3.8) is 0 Å². The molecule has 1 aromatic rings. The molecule has 1 saturated carbocycles. The van der Waals surface area contributed by atoms with Crippen molar-refractivity contribution in [3.05, 3.63) is 17.0 Å². The first-order valence-corrected chi connectivity index (χ1v) is 8.92. The highest BCUT2D eigenvalue weighted by molar-refractivity contribution is 5.94. The van der Waals surface area contributed by atoms with Gasteiger partial charge in [0.15, 0.2) is 5.69 Å². The average molecular weight is 335 g/mol. The van der Waals surface area contributed by atoms with Crippen molar-refractivity contribution in [1.82, 2.24) is 15.5 Å². The maximum atomic E-state index is 12.6. The van der Waals surface area contributed by atoms with E-state index in [4.69, 9.17) is 4.74 Å². The Balaban J connectivity index is 1.64. The third-order valence-corrected chi connectivity index (χ3v) is 5.56. The minimum absolute atomic E-state index is 0.0707. The summed E-state index contributed by atoms with van der Waals surface area (Å²) in [6.07, 6.45) is 4.07. The van der Waals surface area contributed by atoms with E-state index >= 15 is 0 Å². The summed E-state index contributed by atoms with van der Waals surface area (Å²) in [6.45, 7) is 8.70. The first-order valence-electron chi connectivity index (χ1n) is 8.92. The molecule has 1 aliphatic heterocycles. The topological polar surface area (TPSA) is 87.2 Å². The molecule has 1 fully saturated rings. The molecule has 6 nitrogen and oxygen atoms in total. The summed E-state index contributed by atoms with van der Waals surface area (Å²) in [5.74, 6) is -0.216. The molecular weight excluding hydrogens is 306 g/mol. The normalized spacial score (nSPS) is 28.2. The third-order valence-electron chi connectivity index (χ3n) is 5.56. The first-order chi connectivity index (χ1) is 11.2. The van der Waals surface area contributed by atoms with E-state index in [1.165, 1.54) is 0 Å². The van der Waals surface area contributed by atoms with Crippen LogP contribution in [0.4, 0.5) is 0 Å². The molecule has 134 valence electrons. The van der Waals surface area contributed by atoms with Crippen LogP contribution in [-0.4, -0.2) is 39.5 Å². The lowest BCUT2D eigenvalue weighted by Crippen LogP contribution is -2.46. The molecule has 2 aliphatic rings. The van der Waals surface area contributed by atoms with Crippen molar-refractivity contribution in [2.24, 2.45) is 5.41 Å². The van der Waals surface area contributed by atoms with E-state index in [0.717, 1.165) is 36.9 Å². The number of rotatable bonds is 3. The molecule has 0 bridgehead atoms. The van der Waals surface area contributed by atoms with Gasteiger partial charge in [0.25, 0.3) is 5.91 Å². The summed E-state index contributed by atoms with van der Waals surface area (Å²) in [7, 11) is 0. The second kappa shape index (κ2) is 6.15. The molecule has 1 aliphatic carbocycles. The monoisotopic (exact) mass is 335 g/mol. The second-order valence-electron chi connectivity index (χ2n) is 8.33. The van der Waals surface area contributed by atoms with Crippen LogP contribution in [0.5, 0.6) is 0 Å².